The number of ether oxygens (including phenoxy) is 1. The van der Waals surface area contributed by atoms with Gasteiger partial charge in [0.25, 0.3) is 0 Å². The van der Waals surface area contributed by atoms with Crippen LogP contribution in [0.3, 0.4) is 0 Å². The number of hydrogen-bond donors (Lipinski definition) is 2. The van der Waals surface area contributed by atoms with Gasteiger partial charge in [-0.2, -0.15) is 5.26 Å². The molecule has 0 unspecified atom stereocenters. The van der Waals surface area contributed by atoms with Crippen LogP contribution in [0.15, 0.2) is 30.3 Å². The average molecular weight is 331 g/mol. The summed E-state index contributed by atoms with van der Waals surface area (Å²) >= 11 is 0. The smallest absolute Gasteiger partial charge is 0.312 e. The molecule has 2 rings (SSSR count). The lowest BCUT2D eigenvalue weighted by atomic mass is 10.1. The summed E-state index contributed by atoms with van der Waals surface area (Å²) in [7, 11) is 0. The van der Waals surface area contributed by atoms with E-state index in [-0.39, 0.29) is 36.9 Å². The highest BCUT2D eigenvalue weighted by Crippen LogP contribution is 2.37. The molecule has 0 aliphatic heterocycles. The van der Waals surface area contributed by atoms with E-state index in [4.69, 9.17) is 14.9 Å². The zero-order chi connectivity index (χ0) is 17.7. The van der Waals surface area contributed by atoms with E-state index in [1.165, 1.54) is 4.57 Å². The third-order valence-electron chi connectivity index (χ3n) is 3.69. The van der Waals surface area contributed by atoms with Gasteiger partial charge >= 0.3 is 5.69 Å². The Morgan fingerprint density at radius 3 is 2.46 bits per heavy atom. The Kier molecular flexibility index (Phi) is 5.65. The minimum Gasteiger partial charge on any atom is -0.394 e. The van der Waals surface area contributed by atoms with Crippen LogP contribution in [0.4, 0.5) is 5.69 Å². The maximum atomic E-state index is 11.5. The topological polar surface area (TPSA) is 122 Å². The Morgan fingerprint density at radius 1 is 1.33 bits per heavy atom. The minimum atomic E-state index is -0.806. The molecule has 8 nitrogen and oxygen atoms in total. The van der Waals surface area contributed by atoms with Gasteiger partial charge in [0.05, 0.1) is 18.1 Å². The van der Waals surface area contributed by atoms with Gasteiger partial charge in [0, 0.05) is 11.3 Å². The summed E-state index contributed by atoms with van der Waals surface area (Å²) in [6, 6.07) is 10.5. The summed E-state index contributed by atoms with van der Waals surface area (Å²) < 4.78 is 6.90. The molecule has 24 heavy (non-hydrogen) atoms. The Bertz CT molecular complexity index is 760. The molecule has 0 aliphatic rings. The Morgan fingerprint density at radius 2 is 1.96 bits per heavy atom. The highest BCUT2D eigenvalue weighted by molar-refractivity contribution is 5.77. The molecule has 0 radical (unpaired) electrons. The number of aliphatic hydroxyl groups excluding tert-OH is 2. The fourth-order valence-corrected chi connectivity index (χ4v) is 2.42. The van der Waals surface area contributed by atoms with Crippen molar-refractivity contribution in [3.05, 3.63) is 51.7 Å². The summed E-state index contributed by atoms with van der Waals surface area (Å²) in [5.41, 5.74) is 0.894. The molecule has 0 aliphatic carbocycles. The van der Waals surface area contributed by atoms with E-state index < -0.39 is 11.0 Å². The van der Waals surface area contributed by atoms with Crippen LogP contribution in [0.25, 0.3) is 11.3 Å². The van der Waals surface area contributed by atoms with E-state index in [1.807, 2.05) is 6.07 Å². The highest BCUT2D eigenvalue weighted by Gasteiger charge is 2.30. The standard InChI is InChI=1S/C16H17N3O5/c1-11-14(7-17)16(19(22)23)15(12-5-3-2-4-6-12)18(11)10-24-13(8-20)9-21/h2-6,13,20-21H,8-10H2,1H3. The van der Waals surface area contributed by atoms with Crippen LogP contribution in [-0.2, 0) is 11.5 Å². The van der Waals surface area contributed by atoms with Crippen molar-refractivity contribution < 1.29 is 19.9 Å². The van der Waals surface area contributed by atoms with E-state index in [1.54, 1.807) is 37.3 Å². The largest absolute Gasteiger partial charge is 0.394 e. The van der Waals surface area contributed by atoms with Gasteiger partial charge in [-0.25, -0.2) is 0 Å². The van der Waals surface area contributed by atoms with Crippen LogP contribution in [0.1, 0.15) is 11.3 Å². The van der Waals surface area contributed by atoms with Gasteiger partial charge < -0.3 is 19.5 Å². The Hall–Kier alpha value is -2.73. The summed E-state index contributed by atoms with van der Waals surface area (Å²) in [6.07, 6.45) is -0.806. The van der Waals surface area contributed by atoms with Crippen molar-refractivity contribution in [2.75, 3.05) is 13.2 Å². The number of benzene rings is 1. The molecule has 2 N–H and O–H groups in total. The highest BCUT2D eigenvalue weighted by atomic mass is 16.6. The number of aromatic nitrogens is 1. The van der Waals surface area contributed by atoms with Gasteiger partial charge in [0.1, 0.15) is 24.6 Å². The quantitative estimate of drug-likeness (QED) is 0.586. The second kappa shape index (κ2) is 7.70. The van der Waals surface area contributed by atoms with Crippen LogP contribution in [0.5, 0.6) is 0 Å². The monoisotopic (exact) mass is 331 g/mol. The summed E-state index contributed by atoms with van der Waals surface area (Å²) in [5, 5.41) is 39.0. The zero-order valence-corrected chi connectivity index (χ0v) is 13.0. The SMILES string of the molecule is Cc1c(C#N)c([N+](=O)[O-])c(-c2ccccc2)n1COC(CO)CO. The molecule has 0 bridgehead atoms. The lowest BCUT2D eigenvalue weighted by Crippen LogP contribution is -2.24. The van der Waals surface area contributed by atoms with E-state index in [9.17, 15) is 15.4 Å². The zero-order valence-electron chi connectivity index (χ0n) is 13.0. The fraction of sp³-hybridized carbons (Fsp3) is 0.312. The van der Waals surface area contributed by atoms with Gasteiger partial charge in [-0.1, -0.05) is 30.3 Å². The van der Waals surface area contributed by atoms with Gasteiger partial charge in [-0.3, -0.25) is 10.1 Å². The third-order valence-corrected chi connectivity index (χ3v) is 3.69. The van der Waals surface area contributed by atoms with Crippen molar-refractivity contribution in [1.82, 2.24) is 4.57 Å². The second-order valence-electron chi connectivity index (χ2n) is 5.10. The molecular formula is C16H17N3O5. The Labute approximate surface area is 138 Å². The molecule has 0 saturated heterocycles. The van der Waals surface area contributed by atoms with Gasteiger partial charge in [0.2, 0.25) is 0 Å². The first kappa shape index (κ1) is 17.6. The minimum absolute atomic E-state index is 0.0352. The van der Waals surface area contributed by atoms with E-state index in [2.05, 4.69) is 0 Å². The number of nitriles is 1. The lowest BCUT2D eigenvalue weighted by molar-refractivity contribution is -0.384. The molecule has 0 atom stereocenters. The Balaban J connectivity index is 2.60. The predicted octanol–water partition coefficient (Wildman–Crippen LogP) is 1.57. The van der Waals surface area contributed by atoms with Crippen LogP contribution < -0.4 is 0 Å². The van der Waals surface area contributed by atoms with Crippen molar-refractivity contribution in [3.8, 4) is 17.3 Å². The van der Waals surface area contributed by atoms with Crippen molar-refractivity contribution in [2.24, 2.45) is 0 Å². The van der Waals surface area contributed by atoms with Crippen LogP contribution in [0.2, 0.25) is 0 Å². The van der Waals surface area contributed by atoms with Crippen molar-refractivity contribution in [1.29, 1.82) is 5.26 Å². The van der Waals surface area contributed by atoms with Gasteiger partial charge in [-0.05, 0) is 6.92 Å². The van der Waals surface area contributed by atoms with Gasteiger partial charge in [-0.15, -0.1) is 0 Å². The normalized spacial score (nSPS) is 10.8. The number of nitrogens with zero attached hydrogens (tertiary/aromatic N) is 3. The predicted molar refractivity (Wildman–Crippen MR) is 85.0 cm³/mol. The molecule has 2 aromatic rings. The molecule has 126 valence electrons. The number of nitro groups is 1. The molecule has 1 aromatic heterocycles. The molecule has 1 aromatic carbocycles. The number of hydrogen-bond acceptors (Lipinski definition) is 6. The summed E-state index contributed by atoms with van der Waals surface area (Å²) in [5.74, 6) is 0. The van der Waals surface area contributed by atoms with Crippen LogP contribution in [-0.4, -0.2) is 39.0 Å². The van der Waals surface area contributed by atoms with Crippen molar-refractivity contribution in [2.45, 2.75) is 19.8 Å². The maximum Gasteiger partial charge on any atom is 0.312 e. The first-order valence-electron chi connectivity index (χ1n) is 7.21. The maximum absolute atomic E-state index is 11.5. The summed E-state index contributed by atoms with van der Waals surface area (Å²) in [6.45, 7) is 0.688. The van der Waals surface area contributed by atoms with E-state index >= 15 is 0 Å². The molecule has 0 amide bonds. The van der Waals surface area contributed by atoms with Crippen LogP contribution >= 0.6 is 0 Å². The van der Waals surface area contributed by atoms with Crippen LogP contribution in [0, 0.1) is 28.4 Å². The molecule has 8 heteroatoms. The molecule has 0 saturated carbocycles. The fourth-order valence-electron chi connectivity index (χ4n) is 2.42. The molecule has 0 spiro atoms. The second-order valence-corrected chi connectivity index (χ2v) is 5.10. The molecule has 1 heterocycles. The first-order chi connectivity index (χ1) is 11.5. The first-order valence-corrected chi connectivity index (χ1v) is 7.21. The summed E-state index contributed by atoms with van der Waals surface area (Å²) in [4.78, 5) is 10.9. The lowest BCUT2D eigenvalue weighted by Gasteiger charge is -2.16. The molecular weight excluding hydrogens is 314 g/mol. The van der Waals surface area contributed by atoms with E-state index in [0.29, 0.717) is 11.3 Å². The average Bonchev–Trinajstić information content (AvgIpc) is 2.89. The van der Waals surface area contributed by atoms with Crippen molar-refractivity contribution in [3.63, 3.8) is 0 Å². The number of aliphatic hydroxyl groups is 2. The van der Waals surface area contributed by atoms with E-state index in [0.717, 1.165) is 0 Å². The third kappa shape index (κ3) is 3.28. The molecule has 0 fully saturated rings. The van der Waals surface area contributed by atoms with Gasteiger partial charge in [0.15, 0.2) is 5.56 Å². The number of rotatable bonds is 7. The van der Waals surface area contributed by atoms with Crippen molar-refractivity contribution >= 4 is 5.69 Å².